The highest BCUT2D eigenvalue weighted by Crippen LogP contribution is 2.19. The second-order valence-corrected chi connectivity index (χ2v) is 4.22. The molecule has 0 spiro atoms. The van der Waals surface area contributed by atoms with Crippen molar-refractivity contribution in [3.05, 3.63) is 11.6 Å². The third kappa shape index (κ3) is 4.47. The van der Waals surface area contributed by atoms with Crippen LogP contribution in [-0.2, 0) is 0 Å². The molecule has 0 aromatic carbocycles. The van der Waals surface area contributed by atoms with Gasteiger partial charge in [-0.25, -0.2) is 0 Å². The molecule has 0 bridgehead atoms. The van der Waals surface area contributed by atoms with Gasteiger partial charge in [0.2, 0.25) is 0 Å². The van der Waals surface area contributed by atoms with Crippen molar-refractivity contribution < 1.29 is 0 Å². The molecule has 1 N–H and O–H groups in total. The van der Waals surface area contributed by atoms with E-state index in [4.69, 9.17) is 0 Å². The molecule has 0 aliphatic heterocycles. The molecule has 13 heavy (non-hydrogen) atoms. The second-order valence-electron chi connectivity index (χ2n) is 4.22. The molecule has 0 aromatic rings. The zero-order valence-corrected chi connectivity index (χ0v) is 9.10. The van der Waals surface area contributed by atoms with Gasteiger partial charge in [-0.2, -0.15) is 0 Å². The summed E-state index contributed by atoms with van der Waals surface area (Å²) >= 11 is 0. The summed E-state index contributed by atoms with van der Waals surface area (Å²) in [5, 5.41) is 3.52. The Morgan fingerprint density at radius 1 is 1.54 bits per heavy atom. The number of hydrogen-bond donors (Lipinski definition) is 1. The molecule has 1 atom stereocenters. The van der Waals surface area contributed by atoms with Crippen LogP contribution in [0.2, 0.25) is 0 Å². The first-order chi connectivity index (χ1) is 6.33. The highest BCUT2D eigenvalue weighted by atomic mass is 14.8. The van der Waals surface area contributed by atoms with E-state index in [9.17, 15) is 0 Å². The van der Waals surface area contributed by atoms with Crippen molar-refractivity contribution in [3.8, 4) is 0 Å². The Morgan fingerprint density at radius 3 is 3.00 bits per heavy atom. The van der Waals surface area contributed by atoms with Gasteiger partial charge >= 0.3 is 0 Å². The Bertz CT molecular complexity index is 161. The van der Waals surface area contributed by atoms with Crippen molar-refractivity contribution in [1.29, 1.82) is 0 Å². The lowest BCUT2D eigenvalue weighted by molar-refractivity contribution is 0.501. The summed E-state index contributed by atoms with van der Waals surface area (Å²) in [6, 6.07) is 0. The average molecular weight is 181 g/mol. The Kier molecular flexibility index (Phi) is 5.14. The topological polar surface area (TPSA) is 12.0 Å². The normalized spacial score (nSPS) is 18.8. The predicted molar refractivity (Wildman–Crippen MR) is 58.9 cm³/mol. The van der Waals surface area contributed by atoms with E-state index in [0.717, 1.165) is 5.92 Å². The lowest BCUT2D eigenvalue weighted by Crippen LogP contribution is -2.22. The lowest BCUT2D eigenvalue weighted by Gasteiger charge is -2.09. The zero-order valence-electron chi connectivity index (χ0n) is 9.10. The van der Waals surface area contributed by atoms with Crippen LogP contribution < -0.4 is 5.32 Å². The zero-order chi connectivity index (χ0) is 9.52. The monoisotopic (exact) mass is 181 g/mol. The summed E-state index contributed by atoms with van der Waals surface area (Å²) in [6.07, 6.45) is 9.05. The maximum Gasteiger partial charge on any atom is -0.00115 e. The Hall–Kier alpha value is -0.300. The summed E-state index contributed by atoms with van der Waals surface area (Å²) in [5.74, 6) is 0.831. The predicted octanol–water partition coefficient (Wildman–Crippen LogP) is 3.12. The van der Waals surface area contributed by atoms with Crippen LogP contribution in [-0.4, -0.2) is 13.1 Å². The molecular weight excluding hydrogens is 158 g/mol. The van der Waals surface area contributed by atoms with Gasteiger partial charge in [0.25, 0.3) is 0 Å². The number of nitrogens with one attached hydrogen (secondary N) is 1. The molecule has 0 radical (unpaired) electrons. The maximum atomic E-state index is 3.52. The molecule has 0 amide bonds. The third-order valence-corrected chi connectivity index (χ3v) is 2.95. The van der Waals surface area contributed by atoms with Crippen molar-refractivity contribution in [1.82, 2.24) is 5.32 Å². The molecule has 0 saturated heterocycles. The van der Waals surface area contributed by atoms with Crippen molar-refractivity contribution in [3.63, 3.8) is 0 Å². The van der Waals surface area contributed by atoms with Crippen LogP contribution in [0, 0.1) is 5.92 Å². The third-order valence-electron chi connectivity index (χ3n) is 2.95. The van der Waals surface area contributed by atoms with E-state index in [2.05, 4.69) is 25.2 Å². The molecule has 1 aliphatic carbocycles. The molecular formula is C12H23N. The molecule has 1 heteroatoms. The number of rotatable bonds is 6. The van der Waals surface area contributed by atoms with Gasteiger partial charge in [-0.15, -0.1) is 0 Å². The maximum absolute atomic E-state index is 3.52. The van der Waals surface area contributed by atoms with Crippen LogP contribution in [0.5, 0.6) is 0 Å². The smallest absolute Gasteiger partial charge is 0.00115 e. The van der Waals surface area contributed by atoms with Crippen LogP contribution in [0.1, 0.15) is 46.0 Å². The van der Waals surface area contributed by atoms with Crippen LogP contribution >= 0.6 is 0 Å². The minimum atomic E-state index is 0.831. The van der Waals surface area contributed by atoms with Crippen LogP contribution in [0.3, 0.4) is 0 Å². The number of hydrogen-bond acceptors (Lipinski definition) is 1. The van der Waals surface area contributed by atoms with Gasteiger partial charge in [-0.1, -0.05) is 31.9 Å². The molecule has 1 nitrogen and oxygen atoms in total. The lowest BCUT2D eigenvalue weighted by atomic mass is 10.1. The summed E-state index contributed by atoms with van der Waals surface area (Å²) in [5.41, 5.74) is 1.68. The summed E-state index contributed by atoms with van der Waals surface area (Å²) in [7, 11) is 0. The summed E-state index contributed by atoms with van der Waals surface area (Å²) in [4.78, 5) is 0. The van der Waals surface area contributed by atoms with Gasteiger partial charge in [0.15, 0.2) is 0 Å². The van der Waals surface area contributed by atoms with E-state index >= 15 is 0 Å². The first-order valence-corrected chi connectivity index (χ1v) is 5.71. The van der Waals surface area contributed by atoms with E-state index in [-0.39, 0.29) is 0 Å². The van der Waals surface area contributed by atoms with Gasteiger partial charge in [0, 0.05) is 0 Å². The molecule has 76 valence electrons. The van der Waals surface area contributed by atoms with Gasteiger partial charge in [-0.3, -0.25) is 0 Å². The van der Waals surface area contributed by atoms with Crippen molar-refractivity contribution in [2.24, 2.45) is 5.92 Å². The van der Waals surface area contributed by atoms with Gasteiger partial charge in [0.1, 0.15) is 0 Å². The molecule has 0 heterocycles. The van der Waals surface area contributed by atoms with Gasteiger partial charge < -0.3 is 5.32 Å². The Balaban J connectivity index is 1.94. The van der Waals surface area contributed by atoms with Gasteiger partial charge in [-0.05, 0) is 44.7 Å². The quantitative estimate of drug-likeness (QED) is 0.490. The first-order valence-electron chi connectivity index (χ1n) is 5.71. The summed E-state index contributed by atoms with van der Waals surface area (Å²) in [6.45, 7) is 6.92. The van der Waals surface area contributed by atoms with E-state index in [1.54, 1.807) is 5.57 Å². The molecule has 0 aromatic heterocycles. The van der Waals surface area contributed by atoms with E-state index in [1.165, 1.54) is 45.2 Å². The van der Waals surface area contributed by atoms with Crippen LogP contribution in [0.15, 0.2) is 11.6 Å². The van der Waals surface area contributed by atoms with Gasteiger partial charge in [0.05, 0.1) is 0 Å². The molecule has 0 saturated carbocycles. The fraction of sp³-hybridized carbons (Fsp3) is 0.833. The Morgan fingerprint density at radius 2 is 2.38 bits per heavy atom. The fourth-order valence-corrected chi connectivity index (χ4v) is 1.71. The van der Waals surface area contributed by atoms with Crippen LogP contribution in [0.4, 0.5) is 0 Å². The van der Waals surface area contributed by atoms with Crippen molar-refractivity contribution in [2.75, 3.05) is 13.1 Å². The van der Waals surface area contributed by atoms with E-state index in [1.807, 2.05) is 0 Å². The van der Waals surface area contributed by atoms with Crippen molar-refractivity contribution >= 4 is 0 Å². The highest BCUT2D eigenvalue weighted by molar-refractivity contribution is 5.07. The molecule has 1 rings (SSSR count). The Labute approximate surface area is 82.6 Å². The second kappa shape index (κ2) is 6.20. The van der Waals surface area contributed by atoms with Crippen molar-refractivity contribution in [2.45, 2.75) is 46.0 Å². The summed E-state index contributed by atoms with van der Waals surface area (Å²) < 4.78 is 0. The van der Waals surface area contributed by atoms with E-state index < -0.39 is 0 Å². The molecule has 1 aliphatic rings. The van der Waals surface area contributed by atoms with E-state index in [0.29, 0.717) is 0 Å². The van der Waals surface area contributed by atoms with Crippen LogP contribution in [0.25, 0.3) is 0 Å². The fourth-order valence-electron chi connectivity index (χ4n) is 1.71. The molecule has 1 unspecified atom stereocenters. The SMILES string of the molecule is CCC(C)CNCCC1=CCCC1. The average Bonchev–Trinajstić information content (AvgIpc) is 2.64. The number of allylic oxidation sites excluding steroid dienone is 1. The first kappa shape index (κ1) is 10.8. The highest BCUT2D eigenvalue weighted by Gasteiger charge is 2.03. The minimum Gasteiger partial charge on any atom is -0.316 e. The standard InChI is InChI=1S/C12H23N/c1-3-11(2)10-13-9-8-12-6-4-5-7-12/h6,11,13H,3-5,7-10H2,1-2H3. The largest absolute Gasteiger partial charge is 0.316 e. The molecule has 0 fully saturated rings. The minimum absolute atomic E-state index is 0.831.